The molecule has 1 aliphatic rings. The Balaban J connectivity index is 1.92. The first-order valence-electron chi connectivity index (χ1n) is 5.78. The van der Waals surface area contributed by atoms with Crippen molar-refractivity contribution in [3.8, 4) is 0 Å². The molecule has 1 aromatic carbocycles. The van der Waals surface area contributed by atoms with Crippen molar-refractivity contribution in [2.45, 2.75) is 25.3 Å². The minimum absolute atomic E-state index is 0.258. The molecule has 0 bridgehead atoms. The second-order valence-corrected chi connectivity index (χ2v) is 5.38. The van der Waals surface area contributed by atoms with Crippen LogP contribution < -0.4 is 5.73 Å². The van der Waals surface area contributed by atoms with Gasteiger partial charge in [-0.15, -0.1) is 5.10 Å². The summed E-state index contributed by atoms with van der Waals surface area (Å²) in [6.07, 6.45) is 2.28. The molecule has 0 amide bonds. The van der Waals surface area contributed by atoms with E-state index in [1.807, 2.05) is 4.68 Å². The van der Waals surface area contributed by atoms with Gasteiger partial charge < -0.3 is 5.73 Å². The summed E-state index contributed by atoms with van der Waals surface area (Å²) in [6.45, 7) is 0.552. The fraction of sp³-hybridized carbons (Fsp3) is 0.333. The van der Waals surface area contributed by atoms with Crippen molar-refractivity contribution in [2.75, 3.05) is 5.73 Å². The average Bonchev–Trinajstić information content (AvgIpc) is 3.08. The number of benzene rings is 1. The molecule has 0 unspecified atom stereocenters. The molecule has 2 N–H and O–H groups in total. The normalized spacial score (nSPS) is 15.0. The van der Waals surface area contributed by atoms with E-state index in [1.165, 1.54) is 12.1 Å². The van der Waals surface area contributed by atoms with Crippen LogP contribution >= 0.6 is 15.9 Å². The Hall–Kier alpha value is -1.43. The van der Waals surface area contributed by atoms with Gasteiger partial charge in [-0.2, -0.15) is 0 Å². The summed E-state index contributed by atoms with van der Waals surface area (Å²) >= 11 is 3.36. The van der Waals surface area contributed by atoms with Crippen molar-refractivity contribution in [3.05, 3.63) is 39.7 Å². The van der Waals surface area contributed by atoms with Crippen molar-refractivity contribution in [1.29, 1.82) is 0 Å². The third kappa shape index (κ3) is 2.12. The fourth-order valence-corrected chi connectivity index (χ4v) is 2.51. The second-order valence-electron chi connectivity index (χ2n) is 4.53. The molecule has 18 heavy (non-hydrogen) atoms. The molecular weight excluding hydrogens is 299 g/mol. The van der Waals surface area contributed by atoms with E-state index in [-0.39, 0.29) is 5.82 Å². The van der Waals surface area contributed by atoms with Crippen molar-refractivity contribution < 1.29 is 4.39 Å². The molecule has 0 aliphatic heterocycles. The largest absolute Gasteiger partial charge is 0.381 e. The zero-order chi connectivity index (χ0) is 12.7. The van der Waals surface area contributed by atoms with Crippen molar-refractivity contribution >= 4 is 21.7 Å². The number of anilines is 1. The molecule has 1 saturated carbocycles. The monoisotopic (exact) mass is 310 g/mol. The third-order valence-corrected chi connectivity index (χ3v) is 3.84. The van der Waals surface area contributed by atoms with Gasteiger partial charge in [0, 0.05) is 10.4 Å². The number of hydrogen-bond acceptors (Lipinski definition) is 3. The summed E-state index contributed by atoms with van der Waals surface area (Å²) < 4.78 is 15.6. The lowest BCUT2D eigenvalue weighted by Gasteiger charge is -2.07. The molecule has 0 spiro atoms. The Labute approximate surface area is 112 Å². The van der Waals surface area contributed by atoms with Crippen LogP contribution in [0.3, 0.4) is 0 Å². The minimum atomic E-state index is -0.258. The maximum absolute atomic E-state index is 13.0. The van der Waals surface area contributed by atoms with Crippen LogP contribution in [0.2, 0.25) is 0 Å². The van der Waals surface area contributed by atoms with E-state index < -0.39 is 0 Å². The molecule has 2 aromatic rings. The van der Waals surface area contributed by atoms with Gasteiger partial charge in [0.25, 0.3) is 0 Å². The van der Waals surface area contributed by atoms with E-state index >= 15 is 0 Å². The van der Waals surface area contributed by atoms with Crippen LogP contribution in [0.5, 0.6) is 0 Å². The first kappa shape index (κ1) is 11.6. The Morgan fingerprint density at radius 3 is 2.89 bits per heavy atom. The number of nitrogens with two attached hydrogens (primary N) is 1. The molecule has 0 saturated heterocycles. The molecule has 1 heterocycles. The Morgan fingerprint density at radius 2 is 2.22 bits per heavy atom. The van der Waals surface area contributed by atoms with E-state index in [1.54, 1.807) is 6.07 Å². The van der Waals surface area contributed by atoms with Crippen LogP contribution in [0.25, 0.3) is 0 Å². The quantitative estimate of drug-likeness (QED) is 0.948. The molecule has 0 radical (unpaired) electrons. The van der Waals surface area contributed by atoms with Gasteiger partial charge in [0.2, 0.25) is 0 Å². The molecule has 0 atom stereocenters. The maximum atomic E-state index is 13.0. The standard InChI is InChI=1S/C12H12BrFN4/c13-10-5-9(14)4-3-8(10)6-18-11(7-1-2-7)12(15)16-17-18/h3-5,7H,1-2,6,15H2. The summed E-state index contributed by atoms with van der Waals surface area (Å²) in [6, 6.07) is 4.64. The topological polar surface area (TPSA) is 56.7 Å². The summed E-state index contributed by atoms with van der Waals surface area (Å²) in [4.78, 5) is 0. The van der Waals surface area contributed by atoms with Gasteiger partial charge in [0.1, 0.15) is 5.82 Å². The van der Waals surface area contributed by atoms with Gasteiger partial charge in [-0.05, 0) is 30.5 Å². The van der Waals surface area contributed by atoms with E-state index in [0.717, 1.165) is 28.6 Å². The number of rotatable bonds is 3. The van der Waals surface area contributed by atoms with Crippen LogP contribution in [0.15, 0.2) is 22.7 Å². The molecular formula is C12H12BrFN4. The number of aromatic nitrogens is 3. The average molecular weight is 311 g/mol. The Morgan fingerprint density at radius 1 is 1.44 bits per heavy atom. The smallest absolute Gasteiger partial charge is 0.169 e. The molecule has 3 rings (SSSR count). The zero-order valence-electron chi connectivity index (χ0n) is 9.61. The van der Waals surface area contributed by atoms with Crippen molar-refractivity contribution in [3.63, 3.8) is 0 Å². The lowest BCUT2D eigenvalue weighted by molar-refractivity contribution is 0.608. The van der Waals surface area contributed by atoms with Gasteiger partial charge in [0.15, 0.2) is 5.82 Å². The number of nitrogen functional groups attached to an aromatic ring is 1. The fourth-order valence-electron chi connectivity index (χ4n) is 2.04. The van der Waals surface area contributed by atoms with Gasteiger partial charge in [-0.1, -0.05) is 27.2 Å². The SMILES string of the molecule is Nc1nnn(Cc2ccc(F)cc2Br)c1C1CC1. The third-order valence-electron chi connectivity index (χ3n) is 3.10. The first-order valence-corrected chi connectivity index (χ1v) is 6.57. The second kappa shape index (κ2) is 4.35. The Bertz CT molecular complexity index is 592. The van der Waals surface area contributed by atoms with E-state index in [0.29, 0.717) is 18.3 Å². The zero-order valence-corrected chi connectivity index (χ0v) is 11.2. The summed E-state index contributed by atoms with van der Waals surface area (Å²) in [5.74, 6) is 0.737. The van der Waals surface area contributed by atoms with Crippen molar-refractivity contribution in [1.82, 2.24) is 15.0 Å². The minimum Gasteiger partial charge on any atom is -0.381 e. The number of nitrogens with zero attached hydrogens (tertiary/aromatic N) is 3. The maximum Gasteiger partial charge on any atom is 0.169 e. The predicted octanol–water partition coefficient (Wildman–Crippen LogP) is 2.69. The molecule has 4 nitrogen and oxygen atoms in total. The van der Waals surface area contributed by atoms with Gasteiger partial charge in [-0.25, -0.2) is 9.07 Å². The predicted molar refractivity (Wildman–Crippen MR) is 69.6 cm³/mol. The number of hydrogen-bond donors (Lipinski definition) is 1. The summed E-state index contributed by atoms with van der Waals surface area (Å²) in [5, 5.41) is 7.99. The van der Waals surface area contributed by atoms with Crippen LogP contribution in [0.4, 0.5) is 10.2 Å². The van der Waals surface area contributed by atoms with Gasteiger partial charge >= 0.3 is 0 Å². The lowest BCUT2D eigenvalue weighted by Crippen LogP contribution is -2.07. The van der Waals surface area contributed by atoms with E-state index in [4.69, 9.17) is 5.73 Å². The van der Waals surface area contributed by atoms with Gasteiger partial charge in [0.05, 0.1) is 12.2 Å². The summed E-state index contributed by atoms with van der Waals surface area (Å²) in [7, 11) is 0. The van der Waals surface area contributed by atoms with E-state index in [9.17, 15) is 4.39 Å². The van der Waals surface area contributed by atoms with Crippen LogP contribution in [0, 0.1) is 5.82 Å². The van der Waals surface area contributed by atoms with Crippen LogP contribution in [-0.2, 0) is 6.54 Å². The molecule has 1 aliphatic carbocycles. The lowest BCUT2D eigenvalue weighted by atomic mass is 10.2. The number of halogens is 2. The highest BCUT2D eigenvalue weighted by atomic mass is 79.9. The van der Waals surface area contributed by atoms with Crippen LogP contribution in [-0.4, -0.2) is 15.0 Å². The molecule has 1 aromatic heterocycles. The highest BCUT2D eigenvalue weighted by molar-refractivity contribution is 9.10. The molecule has 1 fully saturated rings. The molecule has 6 heteroatoms. The van der Waals surface area contributed by atoms with Crippen molar-refractivity contribution in [2.24, 2.45) is 0 Å². The van der Waals surface area contributed by atoms with E-state index in [2.05, 4.69) is 26.2 Å². The van der Waals surface area contributed by atoms with Crippen LogP contribution in [0.1, 0.15) is 30.0 Å². The highest BCUT2D eigenvalue weighted by Gasteiger charge is 2.30. The van der Waals surface area contributed by atoms with Gasteiger partial charge in [-0.3, -0.25) is 0 Å². The summed E-state index contributed by atoms with van der Waals surface area (Å²) in [5.41, 5.74) is 7.80. The first-order chi connectivity index (χ1) is 8.65. The molecule has 94 valence electrons. The Kier molecular flexibility index (Phi) is 2.81. The highest BCUT2D eigenvalue weighted by Crippen LogP contribution is 2.42.